The number of hydrogen-bond acceptors (Lipinski definition) is 3. The quantitative estimate of drug-likeness (QED) is 0.437. The van der Waals surface area contributed by atoms with E-state index in [1.54, 1.807) is 5.57 Å². The molecule has 1 aromatic rings. The van der Waals surface area contributed by atoms with Crippen LogP contribution in [0.25, 0.3) is 0 Å². The number of allylic oxidation sites excluding steroid dienone is 2. The molecule has 0 spiro atoms. The standard InChI is InChI=1S/C25H37NOS/c1-19-8-6-10-20(14-19)9-4-5-11-23-24-16-21(15-22(24)17-25(23)27)18-28-13-7-12-26(2)3/h5-6,8,10-11,14-15,22-25,27H,4,7,9,12-13,16-18H2,1-3H3/t22-,23+,24-,25+/m0/s1. The van der Waals surface area contributed by atoms with Crippen LogP contribution in [0.1, 0.15) is 36.8 Å². The number of fused-ring (bicyclic) bond motifs is 1. The summed E-state index contributed by atoms with van der Waals surface area (Å²) in [5, 5.41) is 10.5. The zero-order valence-corrected chi connectivity index (χ0v) is 18.6. The van der Waals surface area contributed by atoms with Gasteiger partial charge in [0.25, 0.3) is 0 Å². The van der Waals surface area contributed by atoms with Crippen molar-refractivity contribution in [3.63, 3.8) is 0 Å². The number of hydrogen-bond donors (Lipinski definition) is 1. The van der Waals surface area contributed by atoms with Crippen molar-refractivity contribution >= 4 is 11.8 Å². The summed E-state index contributed by atoms with van der Waals surface area (Å²) >= 11 is 2.08. The maximum absolute atomic E-state index is 10.5. The van der Waals surface area contributed by atoms with Crippen molar-refractivity contribution in [3.05, 3.63) is 59.2 Å². The molecule has 1 aromatic carbocycles. The van der Waals surface area contributed by atoms with Crippen molar-refractivity contribution in [3.8, 4) is 0 Å². The molecule has 28 heavy (non-hydrogen) atoms. The molecule has 4 atom stereocenters. The Bertz CT molecular complexity index is 681. The highest BCUT2D eigenvalue weighted by Crippen LogP contribution is 2.47. The second-order valence-corrected chi connectivity index (χ2v) is 10.0. The van der Waals surface area contributed by atoms with E-state index in [1.165, 1.54) is 42.0 Å². The van der Waals surface area contributed by atoms with Gasteiger partial charge in [-0.05, 0) is 82.8 Å². The number of rotatable bonds is 10. The average Bonchev–Trinajstić information content (AvgIpc) is 3.15. The summed E-state index contributed by atoms with van der Waals surface area (Å²) in [5.41, 5.74) is 4.36. The molecule has 0 aliphatic heterocycles. The molecule has 0 heterocycles. The highest BCUT2D eigenvalue weighted by atomic mass is 32.2. The zero-order chi connectivity index (χ0) is 19.9. The fourth-order valence-corrected chi connectivity index (χ4v) is 5.72. The Morgan fingerprint density at radius 1 is 1.29 bits per heavy atom. The number of benzene rings is 1. The summed E-state index contributed by atoms with van der Waals surface area (Å²) in [6.45, 7) is 3.33. The molecule has 0 bridgehead atoms. The molecule has 2 aliphatic carbocycles. The fraction of sp³-hybridized carbons (Fsp3) is 0.600. The predicted molar refractivity (Wildman–Crippen MR) is 123 cm³/mol. The Labute approximate surface area is 176 Å². The van der Waals surface area contributed by atoms with E-state index in [0.717, 1.165) is 19.3 Å². The maximum atomic E-state index is 10.5. The van der Waals surface area contributed by atoms with Crippen LogP contribution in [0, 0.1) is 24.7 Å². The van der Waals surface area contributed by atoms with E-state index in [4.69, 9.17) is 0 Å². The molecule has 0 amide bonds. The van der Waals surface area contributed by atoms with Gasteiger partial charge in [0.15, 0.2) is 0 Å². The highest BCUT2D eigenvalue weighted by Gasteiger charge is 2.43. The van der Waals surface area contributed by atoms with Crippen LogP contribution in [0.2, 0.25) is 0 Å². The molecule has 0 radical (unpaired) electrons. The number of thioether (sulfide) groups is 1. The predicted octanol–water partition coefficient (Wildman–Crippen LogP) is 5.11. The SMILES string of the molecule is Cc1cccc(CCC=C[C@@H]2[C@H]3CC(CSCCCN(C)C)=C[C@H]3C[C@H]2O)c1. The third-order valence-electron chi connectivity index (χ3n) is 6.17. The van der Waals surface area contributed by atoms with Crippen LogP contribution in [-0.4, -0.2) is 48.3 Å². The second kappa shape index (κ2) is 10.7. The summed E-state index contributed by atoms with van der Waals surface area (Å²) in [4.78, 5) is 2.26. The lowest BCUT2D eigenvalue weighted by atomic mass is 9.89. The summed E-state index contributed by atoms with van der Waals surface area (Å²) in [5.74, 6) is 3.99. The minimum Gasteiger partial charge on any atom is -0.392 e. The highest BCUT2D eigenvalue weighted by molar-refractivity contribution is 7.99. The zero-order valence-electron chi connectivity index (χ0n) is 17.8. The third-order valence-corrected chi connectivity index (χ3v) is 7.32. The van der Waals surface area contributed by atoms with E-state index < -0.39 is 0 Å². The van der Waals surface area contributed by atoms with Gasteiger partial charge in [0.2, 0.25) is 0 Å². The monoisotopic (exact) mass is 399 g/mol. The van der Waals surface area contributed by atoms with Gasteiger partial charge in [-0.3, -0.25) is 0 Å². The molecule has 1 saturated carbocycles. The molecule has 0 saturated heterocycles. The van der Waals surface area contributed by atoms with Gasteiger partial charge in [-0.15, -0.1) is 0 Å². The summed E-state index contributed by atoms with van der Waals surface area (Å²) < 4.78 is 0. The number of aliphatic hydroxyl groups is 1. The minimum atomic E-state index is -0.157. The van der Waals surface area contributed by atoms with Gasteiger partial charge in [0.1, 0.15) is 0 Å². The Balaban J connectivity index is 1.42. The topological polar surface area (TPSA) is 23.5 Å². The van der Waals surface area contributed by atoms with Crippen LogP contribution >= 0.6 is 11.8 Å². The number of aryl methyl sites for hydroxylation is 2. The summed E-state index contributed by atoms with van der Waals surface area (Å²) in [6, 6.07) is 8.78. The molecule has 2 aliphatic rings. The molecule has 1 N–H and O–H groups in total. The molecular weight excluding hydrogens is 362 g/mol. The number of aliphatic hydroxyl groups excluding tert-OH is 1. The molecular formula is C25H37NOS. The van der Waals surface area contributed by atoms with Crippen LogP contribution in [0.15, 0.2) is 48.1 Å². The van der Waals surface area contributed by atoms with Gasteiger partial charge >= 0.3 is 0 Å². The van der Waals surface area contributed by atoms with Gasteiger partial charge < -0.3 is 10.0 Å². The van der Waals surface area contributed by atoms with Crippen molar-refractivity contribution in [1.82, 2.24) is 4.90 Å². The minimum absolute atomic E-state index is 0.157. The fourth-order valence-electron chi connectivity index (χ4n) is 4.77. The first kappa shape index (κ1) is 21.7. The van der Waals surface area contributed by atoms with Gasteiger partial charge in [0.05, 0.1) is 6.10 Å². The molecule has 0 aromatic heterocycles. The maximum Gasteiger partial charge on any atom is 0.0611 e. The van der Waals surface area contributed by atoms with Crippen LogP contribution in [0.4, 0.5) is 0 Å². The van der Waals surface area contributed by atoms with Gasteiger partial charge in [-0.2, -0.15) is 11.8 Å². The van der Waals surface area contributed by atoms with Crippen molar-refractivity contribution < 1.29 is 5.11 Å². The Morgan fingerprint density at radius 3 is 2.93 bits per heavy atom. The summed E-state index contributed by atoms with van der Waals surface area (Å²) in [7, 11) is 4.29. The third kappa shape index (κ3) is 6.23. The van der Waals surface area contributed by atoms with E-state index >= 15 is 0 Å². The summed E-state index contributed by atoms with van der Waals surface area (Å²) in [6.07, 6.45) is 12.5. The molecule has 154 valence electrons. The second-order valence-electron chi connectivity index (χ2n) is 8.90. The Hall–Kier alpha value is -1.03. The van der Waals surface area contributed by atoms with Crippen LogP contribution < -0.4 is 0 Å². The van der Waals surface area contributed by atoms with E-state index in [1.807, 2.05) is 0 Å². The van der Waals surface area contributed by atoms with E-state index in [2.05, 4.69) is 80.2 Å². The molecule has 2 nitrogen and oxygen atoms in total. The molecule has 0 unspecified atom stereocenters. The van der Waals surface area contributed by atoms with Crippen LogP contribution in [-0.2, 0) is 6.42 Å². The van der Waals surface area contributed by atoms with Crippen molar-refractivity contribution in [2.45, 2.75) is 45.1 Å². The number of nitrogens with zero attached hydrogens (tertiary/aromatic N) is 1. The lowest BCUT2D eigenvalue weighted by molar-refractivity contribution is 0.141. The van der Waals surface area contributed by atoms with E-state index in [-0.39, 0.29) is 6.10 Å². The van der Waals surface area contributed by atoms with Crippen molar-refractivity contribution in [2.24, 2.45) is 17.8 Å². The van der Waals surface area contributed by atoms with Crippen LogP contribution in [0.5, 0.6) is 0 Å². The van der Waals surface area contributed by atoms with Crippen LogP contribution in [0.3, 0.4) is 0 Å². The first-order valence-corrected chi connectivity index (χ1v) is 12.0. The lowest BCUT2D eigenvalue weighted by Gasteiger charge is -2.18. The van der Waals surface area contributed by atoms with Gasteiger partial charge in [-0.1, -0.05) is 53.6 Å². The first-order valence-electron chi connectivity index (χ1n) is 10.8. The average molecular weight is 400 g/mol. The van der Waals surface area contributed by atoms with Gasteiger partial charge in [-0.25, -0.2) is 0 Å². The Kier molecular flexibility index (Phi) is 8.25. The smallest absolute Gasteiger partial charge is 0.0611 e. The first-order chi connectivity index (χ1) is 13.5. The lowest BCUT2D eigenvalue weighted by Crippen LogP contribution is -2.17. The van der Waals surface area contributed by atoms with Crippen molar-refractivity contribution in [1.29, 1.82) is 0 Å². The normalized spacial score (nSPS) is 27.0. The Morgan fingerprint density at radius 2 is 2.14 bits per heavy atom. The largest absolute Gasteiger partial charge is 0.392 e. The van der Waals surface area contributed by atoms with E-state index in [0.29, 0.717) is 17.8 Å². The van der Waals surface area contributed by atoms with E-state index in [9.17, 15) is 5.11 Å². The molecule has 3 rings (SSSR count). The van der Waals surface area contributed by atoms with Gasteiger partial charge in [0, 0.05) is 11.7 Å². The molecule has 1 fully saturated rings. The molecule has 3 heteroatoms. The van der Waals surface area contributed by atoms with Crippen molar-refractivity contribution in [2.75, 3.05) is 32.1 Å².